The van der Waals surface area contributed by atoms with Crippen LogP contribution in [0.25, 0.3) is 22.8 Å². The summed E-state index contributed by atoms with van der Waals surface area (Å²) in [7, 11) is 0. The summed E-state index contributed by atoms with van der Waals surface area (Å²) in [5.41, 5.74) is 5.29. The maximum atomic E-state index is 12.5. The molecule has 0 spiro atoms. The van der Waals surface area contributed by atoms with Gasteiger partial charge in [0.2, 0.25) is 0 Å². The van der Waals surface area contributed by atoms with Crippen LogP contribution in [0.2, 0.25) is 0 Å². The number of benzene rings is 2. The number of ether oxygens (including phenoxy) is 1. The molecule has 26 heavy (non-hydrogen) atoms. The van der Waals surface area contributed by atoms with Crippen LogP contribution in [-0.4, -0.2) is 17.5 Å². The first-order valence-electron chi connectivity index (χ1n) is 8.56. The minimum Gasteiger partial charge on any atom is -0.493 e. The molecule has 0 saturated heterocycles. The quantitative estimate of drug-likeness (QED) is 0.703. The van der Waals surface area contributed by atoms with Crippen molar-refractivity contribution in [2.75, 3.05) is 11.9 Å². The Balaban J connectivity index is 1.75. The number of anilines is 1. The van der Waals surface area contributed by atoms with Crippen LogP contribution in [0, 0.1) is 0 Å². The molecule has 3 aromatic rings. The zero-order chi connectivity index (χ0) is 17.9. The average Bonchev–Trinajstić information content (AvgIpc) is 2.99. The molecule has 1 aliphatic heterocycles. The molecule has 2 heterocycles. The molecule has 0 aliphatic carbocycles. The van der Waals surface area contributed by atoms with Gasteiger partial charge in [0.1, 0.15) is 5.75 Å². The fourth-order valence-electron chi connectivity index (χ4n) is 3.09. The van der Waals surface area contributed by atoms with E-state index in [2.05, 4.69) is 10.3 Å². The highest BCUT2D eigenvalue weighted by Gasteiger charge is 2.24. The summed E-state index contributed by atoms with van der Waals surface area (Å²) in [6.45, 7) is 2.53. The minimum absolute atomic E-state index is 0.102. The molecule has 2 aromatic carbocycles. The molecule has 0 saturated carbocycles. The van der Waals surface area contributed by atoms with E-state index in [1.807, 2.05) is 73.8 Å². The maximum Gasteiger partial charge on any atom is 0.256 e. The second-order valence-corrected chi connectivity index (χ2v) is 5.99. The fourth-order valence-corrected chi connectivity index (χ4v) is 3.09. The normalized spacial score (nSPS) is 14.2. The van der Waals surface area contributed by atoms with Crippen LogP contribution in [-0.2, 0) is 4.79 Å². The zero-order valence-electron chi connectivity index (χ0n) is 14.4. The largest absolute Gasteiger partial charge is 0.493 e. The first-order chi connectivity index (χ1) is 12.8. The third-order valence-electron chi connectivity index (χ3n) is 4.32. The first-order valence-corrected chi connectivity index (χ1v) is 8.56. The Morgan fingerprint density at radius 1 is 1.08 bits per heavy atom. The Morgan fingerprint density at radius 3 is 2.77 bits per heavy atom. The second kappa shape index (κ2) is 6.84. The number of hydrogen-bond donors (Lipinski definition) is 1. The van der Waals surface area contributed by atoms with E-state index >= 15 is 0 Å². The van der Waals surface area contributed by atoms with Crippen LogP contribution in [0.5, 0.6) is 5.75 Å². The summed E-state index contributed by atoms with van der Waals surface area (Å²) in [6, 6.07) is 17.6. The summed E-state index contributed by atoms with van der Waals surface area (Å²) in [5, 5.41) is 2.96. The summed E-state index contributed by atoms with van der Waals surface area (Å²) in [6.07, 6.45) is 5.44. The van der Waals surface area contributed by atoms with E-state index < -0.39 is 0 Å². The van der Waals surface area contributed by atoms with Crippen molar-refractivity contribution in [1.82, 2.24) is 4.98 Å². The van der Waals surface area contributed by atoms with Crippen molar-refractivity contribution in [3.63, 3.8) is 0 Å². The third kappa shape index (κ3) is 2.97. The lowest BCUT2D eigenvalue weighted by Gasteiger charge is -2.07. The third-order valence-corrected chi connectivity index (χ3v) is 4.32. The number of fused-ring (bicyclic) bond motifs is 1. The Hall–Kier alpha value is -3.40. The number of hydrogen-bond acceptors (Lipinski definition) is 3. The highest BCUT2D eigenvalue weighted by atomic mass is 16.5. The predicted molar refractivity (Wildman–Crippen MR) is 104 cm³/mol. The van der Waals surface area contributed by atoms with Gasteiger partial charge in [-0.15, -0.1) is 0 Å². The van der Waals surface area contributed by atoms with Crippen molar-refractivity contribution in [3.8, 4) is 16.9 Å². The molecule has 4 rings (SSSR count). The molecule has 0 fully saturated rings. The van der Waals surface area contributed by atoms with Crippen molar-refractivity contribution < 1.29 is 9.53 Å². The summed E-state index contributed by atoms with van der Waals surface area (Å²) >= 11 is 0. The zero-order valence-corrected chi connectivity index (χ0v) is 14.4. The van der Waals surface area contributed by atoms with Crippen molar-refractivity contribution in [2.45, 2.75) is 6.92 Å². The molecule has 1 aromatic heterocycles. The van der Waals surface area contributed by atoms with Gasteiger partial charge >= 0.3 is 0 Å². The number of carbonyl (C=O) groups excluding carboxylic acids is 1. The standard InChI is InChI=1S/C22H18N2O2/c1-2-26-21-8-4-3-6-16(21)12-19-18-10-9-15(13-20(18)24-22(19)25)17-7-5-11-23-14-17/h3-14H,2H2,1H3,(H,24,25)/b19-12+. The van der Waals surface area contributed by atoms with Crippen LogP contribution in [0.4, 0.5) is 5.69 Å². The van der Waals surface area contributed by atoms with Crippen LogP contribution >= 0.6 is 0 Å². The van der Waals surface area contributed by atoms with Gasteiger partial charge in [0, 0.05) is 40.3 Å². The topological polar surface area (TPSA) is 51.2 Å². The van der Waals surface area contributed by atoms with E-state index in [-0.39, 0.29) is 5.91 Å². The number of amides is 1. The van der Waals surface area contributed by atoms with Crippen molar-refractivity contribution in [3.05, 3.63) is 78.1 Å². The number of pyridine rings is 1. The SMILES string of the molecule is CCOc1ccccc1/C=C1/C(=O)Nc2cc(-c3cccnc3)ccc21. The molecule has 0 radical (unpaired) electrons. The highest BCUT2D eigenvalue weighted by Crippen LogP contribution is 2.37. The molecule has 4 nitrogen and oxygen atoms in total. The molecule has 0 bridgehead atoms. The Kier molecular flexibility index (Phi) is 4.23. The smallest absolute Gasteiger partial charge is 0.256 e. The molecule has 1 amide bonds. The van der Waals surface area contributed by atoms with Gasteiger partial charge in [0.25, 0.3) is 5.91 Å². The lowest BCUT2D eigenvalue weighted by Crippen LogP contribution is -2.03. The molecule has 4 heteroatoms. The maximum absolute atomic E-state index is 12.5. The molecule has 1 aliphatic rings. The molecule has 1 N–H and O–H groups in total. The average molecular weight is 342 g/mol. The van der Waals surface area contributed by atoms with Crippen molar-refractivity contribution in [1.29, 1.82) is 0 Å². The van der Waals surface area contributed by atoms with E-state index in [9.17, 15) is 4.79 Å². The van der Waals surface area contributed by atoms with Gasteiger partial charge in [-0.1, -0.05) is 36.4 Å². The van der Waals surface area contributed by atoms with Crippen molar-refractivity contribution in [2.24, 2.45) is 0 Å². The molecule has 128 valence electrons. The number of rotatable bonds is 4. The number of carbonyl (C=O) groups is 1. The van der Waals surface area contributed by atoms with Gasteiger partial charge in [0.05, 0.1) is 6.61 Å². The monoisotopic (exact) mass is 342 g/mol. The number of para-hydroxylation sites is 1. The van der Waals surface area contributed by atoms with Crippen molar-refractivity contribution >= 4 is 23.2 Å². The van der Waals surface area contributed by atoms with Gasteiger partial charge in [-0.05, 0) is 36.8 Å². The van der Waals surface area contributed by atoms with Crippen LogP contribution in [0.15, 0.2) is 67.0 Å². The molecule has 0 atom stereocenters. The summed E-state index contributed by atoms with van der Waals surface area (Å²) < 4.78 is 5.66. The van der Waals surface area contributed by atoms with Gasteiger partial charge in [0.15, 0.2) is 0 Å². The first kappa shape index (κ1) is 16.1. The second-order valence-electron chi connectivity index (χ2n) is 5.99. The lowest BCUT2D eigenvalue weighted by molar-refractivity contribution is -0.110. The van der Waals surface area contributed by atoms with E-state index in [1.54, 1.807) is 6.20 Å². The number of nitrogens with one attached hydrogen (secondary N) is 1. The molecular formula is C22H18N2O2. The van der Waals surface area contributed by atoms with Crippen LogP contribution < -0.4 is 10.1 Å². The van der Waals surface area contributed by atoms with Gasteiger partial charge < -0.3 is 10.1 Å². The lowest BCUT2D eigenvalue weighted by atomic mass is 10.00. The van der Waals surface area contributed by atoms with E-state index in [0.717, 1.165) is 33.7 Å². The number of aromatic nitrogens is 1. The Labute approximate surface area is 152 Å². The highest BCUT2D eigenvalue weighted by molar-refractivity contribution is 6.35. The van der Waals surface area contributed by atoms with Crippen LogP contribution in [0.3, 0.4) is 0 Å². The van der Waals surface area contributed by atoms with Gasteiger partial charge in [-0.25, -0.2) is 0 Å². The summed E-state index contributed by atoms with van der Waals surface area (Å²) in [5.74, 6) is 0.672. The minimum atomic E-state index is -0.102. The Morgan fingerprint density at radius 2 is 1.96 bits per heavy atom. The summed E-state index contributed by atoms with van der Waals surface area (Å²) in [4.78, 5) is 16.7. The number of nitrogens with zero attached hydrogens (tertiary/aromatic N) is 1. The Bertz CT molecular complexity index is 994. The van der Waals surface area contributed by atoms with Gasteiger partial charge in [-0.2, -0.15) is 0 Å². The fraction of sp³-hybridized carbons (Fsp3) is 0.0909. The van der Waals surface area contributed by atoms with E-state index in [4.69, 9.17) is 4.74 Å². The predicted octanol–water partition coefficient (Wildman–Crippen LogP) is 4.64. The molecule has 0 unspecified atom stereocenters. The van der Waals surface area contributed by atoms with E-state index in [0.29, 0.717) is 12.2 Å². The molecular weight excluding hydrogens is 324 g/mol. The van der Waals surface area contributed by atoms with Gasteiger partial charge in [-0.3, -0.25) is 9.78 Å². The van der Waals surface area contributed by atoms with E-state index in [1.165, 1.54) is 0 Å². The van der Waals surface area contributed by atoms with Crippen LogP contribution in [0.1, 0.15) is 18.1 Å².